The van der Waals surface area contributed by atoms with Gasteiger partial charge in [-0.25, -0.2) is 18.1 Å². The van der Waals surface area contributed by atoms with Crippen molar-refractivity contribution in [1.82, 2.24) is 14.9 Å². The van der Waals surface area contributed by atoms with Crippen LogP contribution in [-0.2, 0) is 4.79 Å². The number of aromatic amines is 1. The minimum Gasteiger partial charge on any atom is -0.348 e. The summed E-state index contributed by atoms with van der Waals surface area (Å²) in [4.78, 5) is 44.3. The van der Waals surface area contributed by atoms with Gasteiger partial charge in [-0.3, -0.25) is 9.59 Å². The Labute approximate surface area is 264 Å². The van der Waals surface area contributed by atoms with E-state index in [9.17, 15) is 23.2 Å². The first-order chi connectivity index (χ1) is 21.7. The highest BCUT2D eigenvalue weighted by Gasteiger charge is 2.38. The van der Waals surface area contributed by atoms with E-state index in [0.717, 1.165) is 29.5 Å². The number of carbonyl (C=O) groups is 1. The molecule has 4 unspecified atom stereocenters. The van der Waals surface area contributed by atoms with E-state index in [2.05, 4.69) is 29.7 Å². The summed E-state index contributed by atoms with van der Waals surface area (Å²) in [7, 11) is 0. The van der Waals surface area contributed by atoms with Crippen LogP contribution in [0.5, 0.6) is 0 Å². The minimum atomic E-state index is -1.14. The van der Waals surface area contributed by atoms with Gasteiger partial charge >= 0.3 is 5.69 Å². The number of para-hydroxylation sites is 1. The Morgan fingerprint density at radius 2 is 1.69 bits per heavy atom. The second-order valence-electron chi connectivity index (χ2n) is 11.9. The van der Waals surface area contributed by atoms with Gasteiger partial charge in [-0.2, -0.15) is 0 Å². The first-order valence-electron chi connectivity index (χ1n) is 15.4. The standard InChI is InChI=1S/C37H38F2N3O3.2H2/c1-24-22-27(16-13-18-29(24)26-14-9-7-5-3-4-6-8-10-15-26)34(35(43)40-25(2)30-21-20-28(38)23-32(30)39)42-36(44)31-17-11-12-19-33(31)41-37(42)45;;/h3-12,14-15,17,19-21,23-25,27,29,34H,13,16,18,22H2,1-2H3,(H,40,43)(H,41,45);2*1H/b5-3-,6-4-,9-7-,10-8-,26-14+;;/t24?,25-,27?,29?,34?;;/m0../s1. The monoisotopic (exact) mass is 614 g/mol. The first kappa shape index (κ1) is 31.8. The molecule has 2 aliphatic rings. The molecule has 1 saturated carbocycles. The molecule has 0 spiro atoms. The predicted molar refractivity (Wildman–Crippen MR) is 179 cm³/mol. The number of halogens is 2. The van der Waals surface area contributed by atoms with Crippen molar-refractivity contribution in [2.45, 2.75) is 51.6 Å². The van der Waals surface area contributed by atoms with Crippen molar-refractivity contribution in [3.8, 4) is 0 Å². The summed E-state index contributed by atoms with van der Waals surface area (Å²) < 4.78 is 29.3. The molecule has 1 amide bonds. The maximum atomic E-state index is 14.7. The number of nitrogens with zero attached hydrogens (tertiary/aromatic N) is 1. The third kappa shape index (κ3) is 7.39. The fourth-order valence-corrected chi connectivity index (χ4v) is 6.65. The predicted octanol–water partition coefficient (Wildman–Crippen LogP) is 7.69. The zero-order chi connectivity index (χ0) is 31.9. The smallest absolute Gasteiger partial charge is 0.329 e. The molecule has 6 nitrogen and oxygen atoms in total. The number of benzene rings is 2. The largest absolute Gasteiger partial charge is 0.348 e. The van der Waals surface area contributed by atoms with Crippen LogP contribution in [-0.4, -0.2) is 15.5 Å². The molecule has 5 rings (SSSR count). The number of hydrogen-bond acceptors (Lipinski definition) is 3. The van der Waals surface area contributed by atoms with Gasteiger partial charge in [-0.15, -0.1) is 0 Å². The molecule has 1 radical (unpaired) electrons. The van der Waals surface area contributed by atoms with Gasteiger partial charge in [-0.1, -0.05) is 91.8 Å². The van der Waals surface area contributed by atoms with Crippen LogP contribution in [0, 0.1) is 35.8 Å². The summed E-state index contributed by atoms with van der Waals surface area (Å²) in [5.41, 5.74) is 0.432. The van der Waals surface area contributed by atoms with Crippen molar-refractivity contribution < 1.29 is 16.4 Å². The Morgan fingerprint density at radius 1 is 0.978 bits per heavy atom. The molecule has 0 saturated heterocycles. The summed E-state index contributed by atoms with van der Waals surface area (Å²) in [6, 6.07) is 7.92. The fraction of sp³-hybridized carbons (Fsp3) is 0.297. The topological polar surface area (TPSA) is 84.0 Å². The first-order valence-corrected chi connectivity index (χ1v) is 15.4. The summed E-state index contributed by atoms with van der Waals surface area (Å²) in [6.45, 7) is 3.74. The second kappa shape index (κ2) is 14.5. The van der Waals surface area contributed by atoms with Gasteiger partial charge in [0.05, 0.1) is 16.9 Å². The van der Waals surface area contributed by atoms with Crippen LogP contribution in [0.4, 0.5) is 8.78 Å². The Morgan fingerprint density at radius 3 is 2.44 bits per heavy atom. The Hall–Kier alpha value is -4.59. The van der Waals surface area contributed by atoms with Gasteiger partial charge in [0.25, 0.3) is 5.56 Å². The number of amides is 1. The highest BCUT2D eigenvalue weighted by molar-refractivity contribution is 5.82. The minimum absolute atomic E-state index is 0. The van der Waals surface area contributed by atoms with E-state index in [-0.39, 0.29) is 26.2 Å². The molecule has 0 bridgehead atoms. The van der Waals surface area contributed by atoms with E-state index in [1.54, 1.807) is 31.2 Å². The number of rotatable bonds is 6. The van der Waals surface area contributed by atoms with E-state index in [4.69, 9.17) is 0 Å². The molecule has 1 heterocycles. The molecular formula is C37H42F2N3O3. The van der Waals surface area contributed by atoms with Crippen LogP contribution < -0.4 is 16.6 Å². The van der Waals surface area contributed by atoms with E-state index in [0.29, 0.717) is 23.7 Å². The third-order valence-corrected chi connectivity index (χ3v) is 8.85. The van der Waals surface area contributed by atoms with Crippen molar-refractivity contribution in [2.75, 3.05) is 0 Å². The van der Waals surface area contributed by atoms with Gasteiger partial charge in [0.15, 0.2) is 0 Å². The van der Waals surface area contributed by atoms with Crippen LogP contribution in [0.2, 0.25) is 0 Å². The molecule has 5 atom stereocenters. The molecule has 237 valence electrons. The third-order valence-electron chi connectivity index (χ3n) is 8.85. The Balaban J connectivity index is 0.00000300. The number of carbonyl (C=O) groups excluding carboxylic acids is 1. The van der Waals surface area contributed by atoms with Crippen LogP contribution in [0.1, 0.15) is 60.0 Å². The van der Waals surface area contributed by atoms with E-state index < -0.39 is 40.9 Å². The normalized spacial score (nSPS) is 25.9. The van der Waals surface area contributed by atoms with Crippen LogP contribution >= 0.6 is 0 Å². The molecule has 2 aromatic carbocycles. The van der Waals surface area contributed by atoms with Gasteiger partial charge in [0, 0.05) is 20.9 Å². The fourth-order valence-electron chi connectivity index (χ4n) is 6.65. The highest BCUT2D eigenvalue weighted by atomic mass is 19.1. The van der Waals surface area contributed by atoms with Gasteiger partial charge in [0.1, 0.15) is 17.7 Å². The number of fused-ring (bicyclic) bond motifs is 1. The highest BCUT2D eigenvalue weighted by Crippen LogP contribution is 2.41. The zero-order valence-electron chi connectivity index (χ0n) is 25.5. The second-order valence-corrected chi connectivity index (χ2v) is 11.9. The van der Waals surface area contributed by atoms with Crippen LogP contribution in [0.15, 0.2) is 112 Å². The lowest BCUT2D eigenvalue weighted by atomic mass is 9.79. The van der Waals surface area contributed by atoms with Crippen LogP contribution in [0.25, 0.3) is 10.9 Å². The van der Waals surface area contributed by atoms with E-state index >= 15 is 0 Å². The summed E-state index contributed by atoms with van der Waals surface area (Å²) >= 11 is 0. The summed E-state index contributed by atoms with van der Waals surface area (Å²) in [5, 5.41) is 3.13. The van der Waals surface area contributed by atoms with Crippen LogP contribution in [0.3, 0.4) is 0 Å². The van der Waals surface area contributed by atoms with Gasteiger partial charge in [0.2, 0.25) is 5.91 Å². The molecular weight excluding hydrogens is 572 g/mol. The number of nitrogens with one attached hydrogen (secondary N) is 2. The molecule has 1 aromatic heterocycles. The Bertz CT molecular complexity index is 1830. The summed E-state index contributed by atoms with van der Waals surface area (Å²) in [6.07, 6.45) is 23.0. The van der Waals surface area contributed by atoms with Crippen molar-refractivity contribution in [3.05, 3.63) is 147 Å². The quantitative estimate of drug-likeness (QED) is 0.279. The molecule has 0 aliphatic heterocycles. The van der Waals surface area contributed by atoms with Crippen molar-refractivity contribution in [3.63, 3.8) is 0 Å². The van der Waals surface area contributed by atoms with Crippen molar-refractivity contribution >= 4 is 16.8 Å². The zero-order valence-corrected chi connectivity index (χ0v) is 25.5. The molecule has 2 aliphatic carbocycles. The molecule has 2 N–H and O–H groups in total. The number of H-pyrrole nitrogens is 1. The number of aromatic nitrogens is 2. The SMILES string of the molecule is CC1CC(C(C(=O)N[C@@H](C)c2ccc(F)cc2F)n2c(=O)[nH]c3ccccc3c2=O)CCCC1/C1=C/C=C\C=C/C=C\C=C/[CH]1.[HH].[HH]. The number of allylic oxidation sites excluding steroid dienone is 10. The lowest BCUT2D eigenvalue weighted by molar-refractivity contribution is -0.127. The molecule has 8 heteroatoms. The Kier molecular flexibility index (Phi) is 10.2. The lowest BCUT2D eigenvalue weighted by Gasteiger charge is -2.30. The molecule has 3 aromatic rings. The number of hydrogen-bond donors (Lipinski definition) is 2. The van der Waals surface area contributed by atoms with E-state index in [1.807, 2.05) is 48.6 Å². The average Bonchev–Trinajstić information content (AvgIpc) is 3.22. The van der Waals surface area contributed by atoms with Gasteiger partial charge < -0.3 is 10.3 Å². The van der Waals surface area contributed by atoms with Crippen molar-refractivity contribution in [2.24, 2.45) is 17.8 Å². The summed E-state index contributed by atoms with van der Waals surface area (Å²) in [5.74, 6) is -2.10. The molecule has 45 heavy (non-hydrogen) atoms. The van der Waals surface area contributed by atoms with Gasteiger partial charge in [-0.05, 0) is 62.1 Å². The maximum Gasteiger partial charge on any atom is 0.329 e. The lowest BCUT2D eigenvalue weighted by Crippen LogP contribution is -2.48. The average molecular weight is 615 g/mol. The maximum absolute atomic E-state index is 14.7. The van der Waals surface area contributed by atoms with Crippen molar-refractivity contribution in [1.29, 1.82) is 0 Å². The molecule has 1 fully saturated rings. The van der Waals surface area contributed by atoms with E-state index in [1.165, 1.54) is 11.6 Å².